The minimum atomic E-state index is -2.44. The highest BCUT2D eigenvalue weighted by molar-refractivity contribution is 7.56. The van der Waals surface area contributed by atoms with E-state index < -0.39 is 7.59 Å². The maximum absolute atomic E-state index is 12.1. The lowest BCUT2D eigenvalue weighted by Gasteiger charge is -2.34. The Kier molecular flexibility index (Phi) is 11.2. The Bertz CT molecular complexity index is 206. The fourth-order valence-corrected chi connectivity index (χ4v) is 3.89. The predicted molar refractivity (Wildman–Crippen MR) is 82.1 cm³/mol. The third-order valence-electron chi connectivity index (χ3n) is 2.90. The molecule has 0 saturated carbocycles. The van der Waals surface area contributed by atoms with Crippen molar-refractivity contribution in [2.24, 2.45) is 0 Å². The molecule has 0 heterocycles. The van der Waals surface area contributed by atoms with Crippen molar-refractivity contribution in [2.75, 3.05) is 61.9 Å². The first-order valence-corrected chi connectivity index (χ1v) is 8.10. The quantitative estimate of drug-likeness (QED) is 0.696. The topological polar surface area (TPSA) is 30.0 Å². The van der Waals surface area contributed by atoms with Gasteiger partial charge in [0, 0.05) is 0 Å². The molecule has 0 aliphatic carbocycles. The van der Waals surface area contributed by atoms with E-state index in [-0.39, 0.29) is 0 Å². The average molecular weight is 280 g/mol. The second-order valence-electron chi connectivity index (χ2n) is 4.67. The Morgan fingerprint density at radius 3 is 0.889 bits per heavy atom. The molecule has 18 heavy (non-hydrogen) atoms. The molecule has 0 rings (SSSR count). The maximum Gasteiger partial charge on any atom is 0.285 e. The molecule has 0 aliphatic heterocycles. The second-order valence-corrected chi connectivity index (χ2v) is 8.10. The van der Waals surface area contributed by atoms with Crippen LogP contribution in [-0.4, -0.2) is 80.8 Å². The zero-order valence-corrected chi connectivity index (χ0v) is 14.7. The number of hydrogen-bond donors (Lipinski definition) is 0. The van der Waals surface area contributed by atoms with Crippen LogP contribution in [0.1, 0.15) is 20.8 Å². The molecular weight excluding hydrogens is 247 g/mol. The van der Waals surface area contributed by atoms with Crippen molar-refractivity contribution >= 4 is 7.59 Å². The van der Waals surface area contributed by atoms with Gasteiger partial charge in [-0.05, 0) is 61.9 Å². The third kappa shape index (κ3) is 6.30. The second kappa shape index (κ2) is 9.93. The van der Waals surface area contributed by atoms with Crippen molar-refractivity contribution in [3.8, 4) is 0 Å². The van der Waals surface area contributed by atoms with E-state index in [2.05, 4.69) is 25.7 Å². The molecule has 112 valence electrons. The fraction of sp³-hybridized carbons (Fsp3) is 1.00. The highest BCUT2D eigenvalue weighted by Gasteiger charge is 2.30. The molecule has 0 aromatic rings. The van der Waals surface area contributed by atoms with Gasteiger partial charge in [-0.1, -0.05) is 20.8 Å². The van der Waals surface area contributed by atoms with Crippen LogP contribution in [-0.2, 0) is 4.57 Å². The molecule has 6 heteroatoms. The summed E-state index contributed by atoms with van der Waals surface area (Å²) in [4.78, 5) is 2.38. The van der Waals surface area contributed by atoms with Gasteiger partial charge in [-0.25, -0.2) is 14.0 Å². The summed E-state index contributed by atoms with van der Waals surface area (Å²) in [5.41, 5.74) is 0. The van der Waals surface area contributed by atoms with E-state index in [9.17, 15) is 4.57 Å². The van der Waals surface area contributed by atoms with E-state index in [1.165, 1.54) is 19.6 Å². The van der Waals surface area contributed by atoms with Crippen molar-refractivity contribution in [1.82, 2.24) is 18.9 Å². The Hall–Kier alpha value is 0.0700. The number of rotatable bonds is 6. The molecule has 5 nitrogen and oxygen atoms in total. The molecule has 0 bridgehead atoms. The monoisotopic (exact) mass is 280 g/mol. The van der Waals surface area contributed by atoms with Crippen LogP contribution in [0.2, 0.25) is 0 Å². The lowest BCUT2D eigenvalue weighted by molar-refractivity contribution is 0.321. The molecular formula is C12H33N4OP. The molecule has 0 aromatic carbocycles. The minimum absolute atomic E-state index is 1.19. The standard InChI is InChI=1S/C6H18N3OP.C6H15N/c1-7(2)11(10,8(3)4)9(5)6;1-4-7(5-2)6-3/h1-6H3;4-6H2,1-3H3. The van der Waals surface area contributed by atoms with Gasteiger partial charge in [0.05, 0.1) is 0 Å². The highest BCUT2D eigenvalue weighted by atomic mass is 31.2. The molecule has 0 saturated heterocycles. The molecule has 0 spiro atoms. The Balaban J connectivity index is 0. The molecule has 0 aliphatic rings. The van der Waals surface area contributed by atoms with E-state index in [0.29, 0.717) is 0 Å². The molecule has 0 aromatic heterocycles. The van der Waals surface area contributed by atoms with Crippen LogP contribution in [0.4, 0.5) is 0 Å². The Morgan fingerprint density at radius 1 is 0.667 bits per heavy atom. The average Bonchev–Trinajstić information content (AvgIpc) is 2.30. The summed E-state index contributed by atoms with van der Waals surface area (Å²) < 4.78 is 17.3. The summed E-state index contributed by atoms with van der Waals surface area (Å²) in [7, 11) is 8.49. The van der Waals surface area contributed by atoms with Gasteiger partial charge in [0.1, 0.15) is 0 Å². The molecule has 0 N–H and O–H groups in total. The van der Waals surface area contributed by atoms with Gasteiger partial charge in [0.2, 0.25) is 0 Å². The molecule has 0 amide bonds. The summed E-state index contributed by atoms with van der Waals surface area (Å²) in [6.07, 6.45) is 0. The SMILES string of the molecule is CCN(CC)CC.CN(C)P(=O)(N(C)C)N(C)C. The molecule has 0 fully saturated rings. The number of nitrogens with zero attached hydrogens (tertiary/aromatic N) is 4. The predicted octanol–water partition coefficient (Wildman–Crippen LogP) is 2.13. The molecule has 0 atom stereocenters. The van der Waals surface area contributed by atoms with Crippen molar-refractivity contribution in [1.29, 1.82) is 0 Å². The van der Waals surface area contributed by atoms with E-state index in [0.717, 1.165) is 0 Å². The van der Waals surface area contributed by atoms with Crippen LogP contribution >= 0.6 is 7.59 Å². The van der Waals surface area contributed by atoms with Crippen LogP contribution in [0.3, 0.4) is 0 Å². The number of hydrogen-bond acceptors (Lipinski definition) is 2. The van der Waals surface area contributed by atoms with Gasteiger partial charge >= 0.3 is 0 Å². The van der Waals surface area contributed by atoms with Gasteiger partial charge in [0.15, 0.2) is 0 Å². The van der Waals surface area contributed by atoms with Gasteiger partial charge in [0.25, 0.3) is 7.59 Å². The van der Waals surface area contributed by atoms with Gasteiger partial charge in [-0.3, -0.25) is 4.57 Å². The van der Waals surface area contributed by atoms with Crippen LogP contribution in [0, 0.1) is 0 Å². The van der Waals surface area contributed by atoms with E-state index in [1.807, 2.05) is 42.3 Å². The Labute approximate surface area is 114 Å². The van der Waals surface area contributed by atoms with E-state index >= 15 is 0 Å². The maximum atomic E-state index is 12.1. The van der Waals surface area contributed by atoms with Crippen molar-refractivity contribution in [2.45, 2.75) is 20.8 Å². The first kappa shape index (κ1) is 20.4. The van der Waals surface area contributed by atoms with Crippen LogP contribution in [0.25, 0.3) is 0 Å². The lowest BCUT2D eigenvalue weighted by atomic mass is 10.5. The summed E-state index contributed by atoms with van der Waals surface area (Å²) in [6.45, 7) is 10.1. The third-order valence-corrected chi connectivity index (χ3v) is 6.03. The van der Waals surface area contributed by atoms with Gasteiger partial charge in [-0.2, -0.15) is 0 Å². The lowest BCUT2D eigenvalue weighted by Crippen LogP contribution is -2.30. The zero-order valence-electron chi connectivity index (χ0n) is 13.8. The van der Waals surface area contributed by atoms with Crippen molar-refractivity contribution in [3.05, 3.63) is 0 Å². The van der Waals surface area contributed by atoms with E-state index in [1.54, 1.807) is 14.0 Å². The van der Waals surface area contributed by atoms with Gasteiger partial charge in [-0.15, -0.1) is 0 Å². The normalized spacial score (nSPS) is 12.3. The summed E-state index contributed by atoms with van der Waals surface area (Å²) >= 11 is 0. The Morgan fingerprint density at radius 2 is 0.889 bits per heavy atom. The summed E-state index contributed by atoms with van der Waals surface area (Å²) in [6, 6.07) is 0. The van der Waals surface area contributed by atoms with Crippen LogP contribution in [0.5, 0.6) is 0 Å². The fourth-order valence-electron chi connectivity index (χ4n) is 1.74. The van der Waals surface area contributed by atoms with Crippen LogP contribution < -0.4 is 0 Å². The van der Waals surface area contributed by atoms with Crippen molar-refractivity contribution < 1.29 is 4.57 Å². The first-order chi connectivity index (χ1) is 8.18. The van der Waals surface area contributed by atoms with E-state index in [4.69, 9.17) is 0 Å². The van der Waals surface area contributed by atoms with Crippen LogP contribution in [0.15, 0.2) is 0 Å². The zero-order chi connectivity index (χ0) is 14.9. The summed E-state index contributed by atoms with van der Waals surface area (Å²) in [5.74, 6) is 0. The van der Waals surface area contributed by atoms with Gasteiger partial charge < -0.3 is 4.90 Å². The largest absolute Gasteiger partial charge is 0.304 e. The smallest absolute Gasteiger partial charge is 0.285 e. The highest BCUT2D eigenvalue weighted by Crippen LogP contribution is 2.50. The summed E-state index contributed by atoms with van der Waals surface area (Å²) in [5, 5.41) is 0. The van der Waals surface area contributed by atoms with Crippen molar-refractivity contribution in [3.63, 3.8) is 0 Å². The minimum Gasteiger partial charge on any atom is -0.304 e. The molecule has 0 unspecified atom stereocenters. The molecule has 0 radical (unpaired) electrons. The first-order valence-electron chi connectivity index (χ1n) is 6.54.